The van der Waals surface area contributed by atoms with Crippen LogP contribution in [0.15, 0.2) is 48.7 Å². The Morgan fingerprint density at radius 2 is 2.00 bits per heavy atom. The van der Waals surface area contributed by atoms with Gasteiger partial charge in [-0.05, 0) is 16.8 Å². The molecule has 0 bridgehead atoms. The molecule has 0 unspecified atom stereocenters. The average Bonchev–Trinajstić information content (AvgIpc) is 3.12. The van der Waals surface area contributed by atoms with Crippen molar-refractivity contribution in [3.63, 3.8) is 0 Å². The van der Waals surface area contributed by atoms with Gasteiger partial charge in [-0.15, -0.1) is 0 Å². The van der Waals surface area contributed by atoms with Crippen molar-refractivity contribution < 1.29 is 0 Å². The molecule has 0 saturated heterocycles. The van der Waals surface area contributed by atoms with Gasteiger partial charge in [0.2, 0.25) is 0 Å². The molecule has 0 aliphatic carbocycles. The Kier molecular flexibility index (Phi) is 2.62. The summed E-state index contributed by atoms with van der Waals surface area (Å²) >= 11 is 1.81. The lowest BCUT2D eigenvalue weighted by Gasteiger charge is -2.11. The van der Waals surface area contributed by atoms with E-state index in [2.05, 4.69) is 58.4 Å². The van der Waals surface area contributed by atoms with E-state index in [-0.39, 0.29) is 0 Å². The molecule has 0 spiro atoms. The molecule has 2 aromatic carbocycles. The summed E-state index contributed by atoms with van der Waals surface area (Å²) in [7, 11) is 0. The molecule has 4 aromatic rings. The SMILES string of the molecule is c1ccc2cc(-c3cn4c5c(sc4n3)CNCC5)ccc2c1. The van der Waals surface area contributed by atoms with Crippen LogP contribution < -0.4 is 5.32 Å². The fraction of sp³-hybridized carbons (Fsp3) is 0.167. The molecular formula is C18H15N3S. The molecule has 4 heteroatoms. The highest BCUT2D eigenvalue weighted by Crippen LogP contribution is 2.30. The van der Waals surface area contributed by atoms with Gasteiger partial charge in [-0.1, -0.05) is 47.7 Å². The Balaban J connectivity index is 1.67. The molecule has 3 nitrogen and oxygen atoms in total. The van der Waals surface area contributed by atoms with Gasteiger partial charge in [0.1, 0.15) is 0 Å². The molecule has 1 aliphatic heterocycles. The Morgan fingerprint density at radius 1 is 1.09 bits per heavy atom. The predicted molar refractivity (Wildman–Crippen MR) is 91.4 cm³/mol. The lowest BCUT2D eigenvalue weighted by Crippen LogP contribution is -2.23. The molecule has 1 N–H and O–H groups in total. The zero-order chi connectivity index (χ0) is 14.5. The summed E-state index contributed by atoms with van der Waals surface area (Å²) in [6.07, 6.45) is 3.28. The average molecular weight is 305 g/mol. The zero-order valence-electron chi connectivity index (χ0n) is 12.0. The molecule has 0 fully saturated rings. The number of nitrogens with zero attached hydrogens (tertiary/aromatic N) is 2. The lowest BCUT2D eigenvalue weighted by molar-refractivity contribution is 0.638. The first-order valence-electron chi connectivity index (χ1n) is 7.58. The van der Waals surface area contributed by atoms with Crippen LogP contribution in [-0.4, -0.2) is 15.9 Å². The van der Waals surface area contributed by atoms with Crippen molar-refractivity contribution in [3.8, 4) is 11.3 Å². The van der Waals surface area contributed by atoms with E-state index >= 15 is 0 Å². The summed E-state index contributed by atoms with van der Waals surface area (Å²) in [5.41, 5.74) is 3.69. The van der Waals surface area contributed by atoms with Crippen LogP contribution >= 0.6 is 11.3 Å². The molecular weight excluding hydrogens is 290 g/mol. The Labute approximate surface area is 132 Å². The first-order chi connectivity index (χ1) is 10.9. The quantitative estimate of drug-likeness (QED) is 0.578. The standard InChI is InChI=1S/C18H15N3S/c1-2-4-13-9-14(6-5-12(13)3-1)15-11-21-16-7-8-19-10-17(16)22-18(21)20-15/h1-6,9,11,19H,7-8,10H2. The second-order valence-corrected chi connectivity index (χ2v) is 6.80. The Bertz CT molecular complexity index is 996. The molecule has 0 amide bonds. The van der Waals surface area contributed by atoms with E-state index < -0.39 is 0 Å². The van der Waals surface area contributed by atoms with Gasteiger partial charge >= 0.3 is 0 Å². The minimum atomic E-state index is 0.981. The largest absolute Gasteiger partial charge is 0.311 e. The van der Waals surface area contributed by atoms with E-state index in [0.29, 0.717) is 0 Å². The maximum Gasteiger partial charge on any atom is 0.194 e. The summed E-state index contributed by atoms with van der Waals surface area (Å²) in [5.74, 6) is 0. The van der Waals surface area contributed by atoms with E-state index in [0.717, 1.165) is 30.2 Å². The minimum Gasteiger partial charge on any atom is -0.311 e. The maximum atomic E-state index is 4.85. The molecule has 5 rings (SSSR count). The number of hydrogen-bond acceptors (Lipinski definition) is 3. The number of thiazole rings is 1. The fourth-order valence-electron chi connectivity index (χ4n) is 3.23. The van der Waals surface area contributed by atoms with E-state index in [1.54, 1.807) is 0 Å². The maximum absolute atomic E-state index is 4.85. The number of imidazole rings is 1. The molecule has 1 aliphatic rings. The third-order valence-corrected chi connectivity index (χ3v) is 5.47. The van der Waals surface area contributed by atoms with Gasteiger partial charge in [0.15, 0.2) is 4.96 Å². The van der Waals surface area contributed by atoms with Crippen LogP contribution in [0.25, 0.3) is 27.0 Å². The monoisotopic (exact) mass is 305 g/mol. The van der Waals surface area contributed by atoms with Crippen LogP contribution in [0.4, 0.5) is 0 Å². The van der Waals surface area contributed by atoms with E-state index in [4.69, 9.17) is 4.98 Å². The van der Waals surface area contributed by atoms with Gasteiger partial charge < -0.3 is 5.32 Å². The Morgan fingerprint density at radius 3 is 2.95 bits per heavy atom. The topological polar surface area (TPSA) is 29.3 Å². The van der Waals surface area contributed by atoms with Crippen LogP contribution in [0.1, 0.15) is 10.6 Å². The number of benzene rings is 2. The number of fused-ring (bicyclic) bond motifs is 4. The predicted octanol–water partition coefficient (Wildman–Crippen LogP) is 3.86. The molecule has 0 saturated carbocycles. The van der Waals surface area contributed by atoms with Crippen LogP contribution in [-0.2, 0) is 13.0 Å². The summed E-state index contributed by atoms with van der Waals surface area (Å²) < 4.78 is 2.28. The van der Waals surface area contributed by atoms with Crippen molar-refractivity contribution in [1.82, 2.24) is 14.7 Å². The number of nitrogens with one attached hydrogen (secondary N) is 1. The van der Waals surface area contributed by atoms with Crippen LogP contribution in [0, 0.1) is 0 Å². The minimum absolute atomic E-state index is 0.981. The van der Waals surface area contributed by atoms with E-state index in [1.165, 1.54) is 26.9 Å². The van der Waals surface area contributed by atoms with Crippen molar-refractivity contribution in [2.45, 2.75) is 13.0 Å². The lowest BCUT2D eigenvalue weighted by atomic mass is 10.1. The number of rotatable bonds is 1. The molecule has 0 radical (unpaired) electrons. The van der Waals surface area contributed by atoms with Gasteiger partial charge in [0, 0.05) is 41.8 Å². The van der Waals surface area contributed by atoms with Gasteiger partial charge in [-0.25, -0.2) is 4.98 Å². The first kappa shape index (κ1) is 12.4. The van der Waals surface area contributed by atoms with Crippen molar-refractivity contribution in [3.05, 3.63) is 59.2 Å². The Hall–Kier alpha value is -2.17. The van der Waals surface area contributed by atoms with Crippen LogP contribution in [0.2, 0.25) is 0 Å². The fourth-order valence-corrected chi connectivity index (χ4v) is 4.34. The van der Waals surface area contributed by atoms with E-state index in [1.807, 2.05) is 11.3 Å². The third kappa shape index (κ3) is 1.81. The molecule has 2 aromatic heterocycles. The third-order valence-electron chi connectivity index (χ3n) is 4.37. The highest BCUT2D eigenvalue weighted by Gasteiger charge is 2.17. The van der Waals surface area contributed by atoms with Crippen molar-refractivity contribution in [2.75, 3.05) is 6.54 Å². The van der Waals surface area contributed by atoms with Gasteiger partial charge in [0.05, 0.1) is 5.69 Å². The van der Waals surface area contributed by atoms with Crippen molar-refractivity contribution >= 4 is 27.1 Å². The van der Waals surface area contributed by atoms with Gasteiger partial charge in [0.25, 0.3) is 0 Å². The second kappa shape index (κ2) is 4.66. The number of hydrogen-bond donors (Lipinski definition) is 1. The smallest absolute Gasteiger partial charge is 0.194 e. The zero-order valence-corrected chi connectivity index (χ0v) is 12.9. The van der Waals surface area contributed by atoms with Crippen molar-refractivity contribution in [2.24, 2.45) is 0 Å². The summed E-state index contributed by atoms with van der Waals surface area (Å²) in [4.78, 5) is 7.39. The van der Waals surface area contributed by atoms with Gasteiger partial charge in [-0.2, -0.15) is 0 Å². The highest BCUT2D eigenvalue weighted by atomic mass is 32.1. The first-order valence-corrected chi connectivity index (χ1v) is 8.40. The van der Waals surface area contributed by atoms with Gasteiger partial charge in [-0.3, -0.25) is 4.40 Å². The van der Waals surface area contributed by atoms with E-state index in [9.17, 15) is 0 Å². The summed E-state index contributed by atoms with van der Waals surface area (Å²) in [5, 5.41) is 5.97. The summed E-state index contributed by atoms with van der Waals surface area (Å²) in [6, 6.07) is 15.0. The van der Waals surface area contributed by atoms with Crippen LogP contribution in [0.5, 0.6) is 0 Å². The molecule has 3 heterocycles. The number of aromatic nitrogens is 2. The van der Waals surface area contributed by atoms with Crippen molar-refractivity contribution in [1.29, 1.82) is 0 Å². The molecule has 108 valence electrons. The molecule has 22 heavy (non-hydrogen) atoms. The highest BCUT2D eigenvalue weighted by molar-refractivity contribution is 7.17. The molecule has 0 atom stereocenters. The van der Waals surface area contributed by atoms with Crippen LogP contribution in [0.3, 0.4) is 0 Å². The normalized spacial score (nSPS) is 14.5. The summed E-state index contributed by atoms with van der Waals surface area (Å²) in [6.45, 7) is 2.04. The second-order valence-electron chi connectivity index (χ2n) is 5.74.